The molecule has 0 saturated heterocycles. The number of hydrogen-bond acceptors (Lipinski definition) is 3. The predicted molar refractivity (Wildman–Crippen MR) is 69.3 cm³/mol. The second kappa shape index (κ2) is 7.63. The van der Waals surface area contributed by atoms with Crippen molar-refractivity contribution < 1.29 is 27.9 Å². The van der Waals surface area contributed by atoms with Crippen molar-refractivity contribution >= 4 is 17.6 Å². The molecule has 1 rings (SSSR count). The summed E-state index contributed by atoms with van der Waals surface area (Å²) in [4.78, 5) is 23.7. The van der Waals surface area contributed by atoms with Gasteiger partial charge in [0.15, 0.2) is 17.5 Å². The maximum atomic E-state index is 13.4. The van der Waals surface area contributed by atoms with E-state index in [4.69, 9.17) is 5.11 Å². The first-order chi connectivity index (χ1) is 9.85. The number of hydrogen-bond donors (Lipinski definition) is 2. The molecular formula is C13H15F3N2O3. The summed E-state index contributed by atoms with van der Waals surface area (Å²) in [6, 6.07) is 1.59. The molecule has 0 bridgehead atoms. The number of carbonyl (C=O) groups is 2. The Morgan fingerprint density at radius 3 is 2.43 bits per heavy atom. The monoisotopic (exact) mass is 304 g/mol. The van der Waals surface area contributed by atoms with Gasteiger partial charge in [-0.3, -0.25) is 14.5 Å². The van der Waals surface area contributed by atoms with E-state index in [1.54, 1.807) is 0 Å². The average molecular weight is 304 g/mol. The minimum Gasteiger partial charge on any atom is -0.480 e. The first-order valence-electron chi connectivity index (χ1n) is 6.22. The molecule has 0 aliphatic rings. The summed E-state index contributed by atoms with van der Waals surface area (Å²) in [6.45, 7) is 1.53. The lowest BCUT2D eigenvalue weighted by molar-refractivity contribution is -0.138. The molecule has 116 valence electrons. The van der Waals surface area contributed by atoms with Gasteiger partial charge in [-0.05, 0) is 25.1 Å². The van der Waals surface area contributed by atoms with Crippen molar-refractivity contribution in [3.63, 3.8) is 0 Å². The zero-order valence-corrected chi connectivity index (χ0v) is 11.3. The number of anilines is 1. The van der Waals surface area contributed by atoms with Crippen molar-refractivity contribution in [3.8, 4) is 0 Å². The van der Waals surface area contributed by atoms with Crippen molar-refractivity contribution in [2.75, 3.05) is 25.0 Å². The fourth-order valence-electron chi connectivity index (χ4n) is 1.74. The van der Waals surface area contributed by atoms with Gasteiger partial charge in [-0.1, -0.05) is 6.92 Å². The molecule has 5 nitrogen and oxygen atoms in total. The van der Waals surface area contributed by atoms with Crippen LogP contribution in [0.15, 0.2) is 12.1 Å². The van der Waals surface area contributed by atoms with Crippen LogP contribution in [0.5, 0.6) is 0 Å². The van der Waals surface area contributed by atoms with E-state index in [0.717, 1.165) is 6.07 Å². The second-order valence-corrected chi connectivity index (χ2v) is 4.38. The SMILES string of the molecule is CCCN(CC(=O)O)CC(=O)Nc1ccc(F)c(F)c1F. The minimum atomic E-state index is -1.68. The molecule has 0 heterocycles. The third kappa shape index (κ3) is 5.07. The highest BCUT2D eigenvalue weighted by Crippen LogP contribution is 2.19. The number of carboxylic acids is 1. The molecule has 0 radical (unpaired) electrons. The molecule has 0 aromatic heterocycles. The van der Waals surface area contributed by atoms with E-state index in [1.807, 2.05) is 6.92 Å². The Morgan fingerprint density at radius 2 is 1.86 bits per heavy atom. The van der Waals surface area contributed by atoms with Gasteiger partial charge in [0.25, 0.3) is 0 Å². The van der Waals surface area contributed by atoms with E-state index in [2.05, 4.69) is 5.32 Å². The summed E-state index contributed by atoms with van der Waals surface area (Å²) in [5, 5.41) is 10.8. The second-order valence-electron chi connectivity index (χ2n) is 4.38. The van der Waals surface area contributed by atoms with Crippen LogP contribution in [-0.2, 0) is 9.59 Å². The maximum absolute atomic E-state index is 13.4. The molecule has 0 spiro atoms. The highest BCUT2D eigenvalue weighted by Gasteiger charge is 2.17. The molecule has 0 aliphatic heterocycles. The van der Waals surface area contributed by atoms with Crippen molar-refractivity contribution in [1.29, 1.82) is 0 Å². The highest BCUT2D eigenvalue weighted by atomic mass is 19.2. The van der Waals surface area contributed by atoms with Gasteiger partial charge in [0.05, 0.1) is 18.8 Å². The number of rotatable bonds is 7. The molecule has 8 heteroatoms. The molecule has 1 aromatic carbocycles. The predicted octanol–water partition coefficient (Wildman–Crippen LogP) is 1.84. The Balaban J connectivity index is 2.72. The van der Waals surface area contributed by atoms with Crippen molar-refractivity contribution in [1.82, 2.24) is 4.90 Å². The van der Waals surface area contributed by atoms with Crippen LogP contribution in [0.4, 0.5) is 18.9 Å². The lowest BCUT2D eigenvalue weighted by Crippen LogP contribution is -2.37. The normalized spacial score (nSPS) is 10.7. The zero-order valence-electron chi connectivity index (χ0n) is 11.3. The van der Waals surface area contributed by atoms with Crippen LogP contribution < -0.4 is 5.32 Å². The Hall–Kier alpha value is -2.09. The van der Waals surface area contributed by atoms with Gasteiger partial charge in [-0.2, -0.15) is 0 Å². The summed E-state index contributed by atoms with van der Waals surface area (Å²) in [6.07, 6.45) is 0.625. The summed E-state index contributed by atoms with van der Waals surface area (Å²) in [7, 11) is 0. The maximum Gasteiger partial charge on any atom is 0.317 e. The smallest absolute Gasteiger partial charge is 0.317 e. The quantitative estimate of drug-likeness (QED) is 0.754. The minimum absolute atomic E-state index is 0.293. The van der Waals surface area contributed by atoms with Crippen LogP contribution in [0, 0.1) is 17.5 Å². The zero-order chi connectivity index (χ0) is 16.0. The Labute approximate surface area is 119 Å². The third-order valence-electron chi connectivity index (χ3n) is 2.58. The van der Waals surface area contributed by atoms with Crippen LogP contribution in [0.3, 0.4) is 0 Å². The Kier molecular flexibility index (Phi) is 6.16. The van der Waals surface area contributed by atoms with E-state index in [9.17, 15) is 22.8 Å². The Bertz CT molecular complexity index is 538. The molecule has 0 atom stereocenters. The molecule has 1 amide bonds. The molecule has 21 heavy (non-hydrogen) atoms. The van der Waals surface area contributed by atoms with Crippen LogP contribution in [-0.4, -0.2) is 41.5 Å². The number of benzene rings is 1. The molecule has 2 N–H and O–H groups in total. The number of carboxylic acid groups (broad SMARTS) is 1. The summed E-state index contributed by atoms with van der Waals surface area (Å²) >= 11 is 0. The molecule has 0 aliphatic carbocycles. The largest absolute Gasteiger partial charge is 0.480 e. The lowest BCUT2D eigenvalue weighted by Gasteiger charge is -2.18. The molecule has 0 fully saturated rings. The number of nitrogens with zero attached hydrogens (tertiary/aromatic N) is 1. The molecule has 1 aromatic rings. The van der Waals surface area contributed by atoms with Gasteiger partial charge in [-0.25, -0.2) is 13.2 Å². The first-order valence-corrected chi connectivity index (χ1v) is 6.22. The number of halogens is 3. The van der Waals surface area contributed by atoms with E-state index < -0.39 is 35.0 Å². The van der Waals surface area contributed by atoms with Gasteiger partial charge < -0.3 is 10.4 Å². The topological polar surface area (TPSA) is 69.6 Å². The Morgan fingerprint density at radius 1 is 1.19 bits per heavy atom. The van der Waals surface area contributed by atoms with Gasteiger partial charge in [0.2, 0.25) is 5.91 Å². The van der Waals surface area contributed by atoms with E-state index in [1.165, 1.54) is 4.90 Å². The van der Waals surface area contributed by atoms with Crippen LogP contribution in [0.2, 0.25) is 0 Å². The van der Waals surface area contributed by atoms with Crippen LogP contribution in [0.25, 0.3) is 0 Å². The highest BCUT2D eigenvalue weighted by molar-refractivity contribution is 5.92. The first kappa shape index (κ1) is 17.0. The van der Waals surface area contributed by atoms with Crippen molar-refractivity contribution in [2.45, 2.75) is 13.3 Å². The average Bonchev–Trinajstić information content (AvgIpc) is 2.39. The van der Waals surface area contributed by atoms with E-state index >= 15 is 0 Å². The van der Waals surface area contributed by atoms with Crippen molar-refractivity contribution in [2.24, 2.45) is 0 Å². The summed E-state index contributed by atoms with van der Waals surface area (Å²) in [5.41, 5.74) is -0.495. The van der Waals surface area contributed by atoms with E-state index in [0.29, 0.717) is 19.0 Å². The van der Waals surface area contributed by atoms with Gasteiger partial charge in [0, 0.05) is 0 Å². The fourth-order valence-corrected chi connectivity index (χ4v) is 1.74. The molecule has 0 saturated carbocycles. The van der Waals surface area contributed by atoms with Crippen LogP contribution in [0.1, 0.15) is 13.3 Å². The third-order valence-corrected chi connectivity index (χ3v) is 2.58. The lowest BCUT2D eigenvalue weighted by atomic mass is 10.2. The number of carbonyl (C=O) groups excluding carboxylic acids is 1. The molecule has 0 unspecified atom stereocenters. The van der Waals surface area contributed by atoms with Gasteiger partial charge >= 0.3 is 5.97 Å². The number of nitrogens with one attached hydrogen (secondary N) is 1. The summed E-state index contributed by atoms with van der Waals surface area (Å²) < 4.78 is 39.1. The number of amides is 1. The van der Waals surface area contributed by atoms with Gasteiger partial charge in [-0.15, -0.1) is 0 Å². The standard InChI is InChI=1S/C13H15F3N2O3/c1-2-5-18(7-11(20)21)6-10(19)17-9-4-3-8(14)12(15)13(9)16/h3-4H,2,5-7H2,1H3,(H,17,19)(H,20,21). The summed E-state index contributed by atoms with van der Waals surface area (Å²) in [5.74, 6) is -6.35. The van der Waals surface area contributed by atoms with Crippen molar-refractivity contribution in [3.05, 3.63) is 29.6 Å². The fraction of sp³-hybridized carbons (Fsp3) is 0.385. The van der Waals surface area contributed by atoms with E-state index in [-0.39, 0.29) is 13.1 Å². The molecular weight excluding hydrogens is 289 g/mol. The number of aliphatic carboxylic acids is 1. The van der Waals surface area contributed by atoms with Gasteiger partial charge in [0.1, 0.15) is 0 Å². The van der Waals surface area contributed by atoms with Crippen LogP contribution >= 0.6 is 0 Å².